The summed E-state index contributed by atoms with van der Waals surface area (Å²) in [6.07, 6.45) is 2.08. The van der Waals surface area contributed by atoms with Gasteiger partial charge in [0.25, 0.3) is 0 Å². The highest BCUT2D eigenvalue weighted by Gasteiger charge is 1.97. The van der Waals surface area contributed by atoms with Gasteiger partial charge in [0.05, 0.1) is 12.2 Å². The van der Waals surface area contributed by atoms with Gasteiger partial charge in [0.15, 0.2) is 0 Å². The number of pyridine rings is 1. The van der Waals surface area contributed by atoms with Gasteiger partial charge >= 0.3 is 0 Å². The molecule has 0 spiro atoms. The lowest BCUT2D eigenvalue weighted by Gasteiger charge is -2.07. The molecule has 2 rings (SSSR count). The molecule has 1 heterocycles. The van der Waals surface area contributed by atoms with Crippen LogP contribution in [-0.4, -0.2) is 11.2 Å². The maximum absolute atomic E-state index is 4.46. The van der Waals surface area contributed by atoms with Gasteiger partial charge in [0, 0.05) is 16.3 Å². The van der Waals surface area contributed by atoms with Crippen molar-refractivity contribution in [3.63, 3.8) is 0 Å². The second kappa shape index (κ2) is 5.73. The molecule has 0 fully saturated rings. The zero-order valence-corrected chi connectivity index (χ0v) is 10.9. The molecule has 0 aliphatic rings. The summed E-state index contributed by atoms with van der Waals surface area (Å²) in [6, 6.07) is 14.5. The molecule has 1 aromatic carbocycles. The molecule has 0 saturated carbocycles. The smallest absolute Gasteiger partial charge is 0.0597 e. The van der Waals surface area contributed by atoms with Gasteiger partial charge in [-0.2, -0.15) is 0 Å². The third kappa shape index (κ3) is 3.49. The largest absolute Gasteiger partial charge is 0.379 e. The monoisotopic (exact) mass is 244 g/mol. The standard InChI is InChI=1S/C14H16N2S/c1-11-5-3-7-13(16-11)10-15-12-6-4-8-14(9-12)17-2/h3-9,15H,10H2,1-2H3. The fraction of sp³-hybridized carbons (Fsp3) is 0.214. The maximum Gasteiger partial charge on any atom is 0.0597 e. The Kier molecular flexibility index (Phi) is 4.04. The third-order valence-electron chi connectivity index (χ3n) is 2.49. The number of nitrogens with one attached hydrogen (secondary N) is 1. The lowest BCUT2D eigenvalue weighted by molar-refractivity contribution is 1.01. The number of aryl methyl sites for hydroxylation is 1. The van der Waals surface area contributed by atoms with E-state index in [0.717, 1.165) is 23.6 Å². The number of benzene rings is 1. The minimum absolute atomic E-state index is 0.763. The number of thioether (sulfide) groups is 1. The van der Waals surface area contributed by atoms with Crippen LogP contribution in [0.4, 0.5) is 5.69 Å². The lowest BCUT2D eigenvalue weighted by Crippen LogP contribution is -2.02. The van der Waals surface area contributed by atoms with E-state index >= 15 is 0 Å². The van der Waals surface area contributed by atoms with Crippen molar-refractivity contribution in [2.45, 2.75) is 18.4 Å². The Morgan fingerprint density at radius 1 is 1.18 bits per heavy atom. The number of nitrogens with zero attached hydrogens (tertiary/aromatic N) is 1. The summed E-state index contributed by atoms with van der Waals surface area (Å²) in [4.78, 5) is 5.73. The van der Waals surface area contributed by atoms with Crippen LogP contribution in [0.25, 0.3) is 0 Å². The van der Waals surface area contributed by atoms with Gasteiger partial charge in [-0.05, 0) is 43.5 Å². The molecule has 0 bridgehead atoms. The summed E-state index contributed by atoms with van der Waals surface area (Å²) in [6.45, 7) is 2.78. The van der Waals surface area contributed by atoms with E-state index in [-0.39, 0.29) is 0 Å². The molecule has 2 aromatic rings. The van der Waals surface area contributed by atoms with Crippen molar-refractivity contribution in [1.29, 1.82) is 0 Å². The van der Waals surface area contributed by atoms with E-state index < -0.39 is 0 Å². The van der Waals surface area contributed by atoms with Crippen molar-refractivity contribution in [3.8, 4) is 0 Å². The summed E-state index contributed by atoms with van der Waals surface area (Å²) in [5.74, 6) is 0. The number of anilines is 1. The molecule has 88 valence electrons. The van der Waals surface area contributed by atoms with Crippen LogP contribution in [0, 0.1) is 6.92 Å². The Hall–Kier alpha value is -1.48. The molecule has 0 radical (unpaired) electrons. The summed E-state index contributed by atoms with van der Waals surface area (Å²) >= 11 is 1.75. The Morgan fingerprint density at radius 2 is 2.00 bits per heavy atom. The van der Waals surface area contributed by atoms with Gasteiger partial charge in [-0.25, -0.2) is 0 Å². The molecule has 2 nitrogen and oxygen atoms in total. The third-order valence-corrected chi connectivity index (χ3v) is 3.21. The van der Waals surface area contributed by atoms with Crippen molar-refractivity contribution in [2.75, 3.05) is 11.6 Å². The number of hydrogen-bond acceptors (Lipinski definition) is 3. The Balaban J connectivity index is 2.02. The van der Waals surface area contributed by atoms with Gasteiger partial charge < -0.3 is 5.32 Å². The number of aromatic nitrogens is 1. The van der Waals surface area contributed by atoms with Crippen LogP contribution in [0.1, 0.15) is 11.4 Å². The van der Waals surface area contributed by atoms with Crippen molar-refractivity contribution in [1.82, 2.24) is 4.98 Å². The first-order valence-corrected chi connectivity index (χ1v) is 6.81. The fourth-order valence-corrected chi connectivity index (χ4v) is 2.08. The first-order valence-electron chi connectivity index (χ1n) is 5.58. The molecular weight excluding hydrogens is 228 g/mol. The molecule has 3 heteroatoms. The average Bonchev–Trinajstić information content (AvgIpc) is 2.37. The lowest BCUT2D eigenvalue weighted by atomic mass is 10.3. The molecule has 0 saturated heterocycles. The zero-order valence-electron chi connectivity index (χ0n) is 10.1. The van der Waals surface area contributed by atoms with Crippen molar-refractivity contribution >= 4 is 17.4 Å². The van der Waals surface area contributed by atoms with Gasteiger partial charge in [0.2, 0.25) is 0 Å². The fourth-order valence-electron chi connectivity index (χ4n) is 1.62. The minimum atomic E-state index is 0.763. The highest BCUT2D eigenvalue weighted by molar-refractivity contribution is 7.98. The van der Waals surface area contributed by atoms with Gasteiger partial charge in [-0.15, -0.1) is 11.8 Å². The van der Waals surface area contributed by atoms with E-state index in [1.54, 1.807) is 11.8 Å². The van der Waals surface area contributed by atoms with Crippen molar-refractivity contribution in [3.05, 3.63) is 53.9 Å². The van der Waals surface area contributed by atoms with Crippen LogP contribution in [0.2, 0.25) is 0 Å². The highest BCUT2D eigenvalue weighted by atomic mass is 32.2. The summed E-state index contributed by atoms with van der Waals surface area (Å²) < 4.78 is 0. The van der Waals surface area contributed by atoms with Gasteiger partial charge in [0.1, 0.15) is 0 Å². The number of hydrogen-bond donors (Lipinski definition) is 1. The topological polar surface area (TPSA) is 24.9 Å². The van der Waals surface area contributed by atoms with E-state index in [4.69, 9.17) is 0 Å². The molecule has 0 atom stereocenters. The molecule has 1 aromatic heterocycles. The average molecular weight is 244 g/mol. The van der Waals surface area contributed by atoms with Crippen LogP contribution in [0.5, 0.6) is 0 Å². The summed E-state index contributed by atoms with van der Waals surface area (Å²) in [7, 11) is 0. The molecule has 0 unspecified atom stereocenters. The normalized spacial score (nSPS) is 10.2. The van der Waals surface area contributed by atoms with Crippen LogP contribution in [-0.2, 0) is 6.54 Å². The molecule has 0 amide bonds. The quantitative estimate of drug-likeness (QED) is 0.830. The van der Waals surface area contributed by atoms with E-state index in [0.29, 0.717) is 0 Å². The second-order valence-corrected chi connectivity index (χ2v) is 4.74. The van der Waals surface area contributed by atoms with E-state index in [1.807, 2.05) is 25.1 Å². The first kappa shape index (κ1) is 12.0. The Labute approximate surface area is 106 Å². The van der Waals surface area contributed by atoms with Crippen molar-refractivity contribution < 1.29 is 0 Å². The van der Waals surface area contributed by atoms with Crippen LogP contribution in [0.3, 0.4) is 0 Å². The van der Waals surface area contributed by atoms with Crippen molar-refractivity contribution in [2.24, 2.45) is 0 Å². The van der Waals surface area contributed by atoms with E-state index in [9.17, 15) is 0 Å². The molecule has 1 N–H and O–H groups in total. The predicted molar refractivity (Wildman–Crippen MR) is 74.5 cm³/mol. The van der Waals surface area contributed by atoms with Gasteiger partial charge in [-0.1, -0.05) is 12.1 Å². The molecule has 0 aliphatic carbocycles. The predicted octanol–water partition coefficient (Wildman–Crippen LogP) is 3.72. The summed E-state index contributed by atoms with van der Waals surface area (Å²) in [5.41, 5.74) is 3.27. The second-order valence-electron chi connectivity index (χ2n) is 3.86. The SMILES string of the molecule is CSc1cccc(NCc2cccc(C)n2)c1. The number of rotatable bonds is 4. The molecule has 17 heavy (non-hydrogen) atoms. The summed E-state index contributed by atoms with van der Waals surface area (Å²) in [5, 5.41) is 3.39. The van der Waals surface area contributed by atoms with Gasteiger partial charge in [-0.3, -0.25) is 4.98 Å². The van der Waals surface area contributed by atoms with E-state index in [1.165, 1.54) is 4.90 Å². The van der Waals surface area contributed by atoms with Crippen LogP contribution in [0.15, 0.2) is 47.4 Å². The minimum Gasteiger partial charge on any atom is -0.379 e. The molecular formula is C14H16N2S. The van der Waals surface area contributed by atoms with E-state index in [2.05, 4.69) is 40.8 Å². The zero-order chi connectivity index (χ0) is 12.1. The van der Waals surface area contributed by atoms with Crippen LogP contribution >= 0.6 is 11.8 Å². The molecule has 0 aliphatic heterocycles. The highest BCUT2D eigenvalue weighted by Crippen LogP contribution is 2.19. The Bertz CT molecular complexity index is 497. The first-order chi connectivity index (χ1) is 8.28. The van der Waals surface area contributed by atoms with Crippen LogP contribution < -0.4 is 5.32 Å². The Morgan fingerprint density at radius 3 is 2.76 bits per heavy atom. The maximum atomic E-state index is 4.46.